The van der Waals surface area contributed by atoms with E-state index in [1.54, 1.807) is 31.8 Å². The molecule has 0 saturated heterocycles. The molecule has 1 aromatic carbocycles. The summed E-state index contributed by atoms with van der Waals surface area (Å²) in [4.78, 5) is 0.327. The zero-order valence-corrected chi connectivity index (χ0v) is 13.6. The number of sulfonamides is 1. The molecule has 1 aliphatic carbocycles. The largest absolute Gasteiger partial charge is 0.385 e. The molecule has 0 radical (unpaired) electrons. The first-order valence-electron chi connectivity index (χ1n) is 7.44. The fraction of sp³-hybridized carbons (Fsp3) is 0.500. The zero-order valence-electron chi connectivity index (χ0n) is 12.8. The van der Waals surface area contributed by atoms with E-state index in [0.717, 1.165) is 18.7 Å². The van der Waals surface area contributed by atoms with Gasteiger partial charge in [-0.1, -0.05) is 11.6 Å². The number of nitrogens with zero attached hydrogens (tertiary/aromatic N) is 1. The number of allylic oxidation sites excluding steroid dienone is 1. The molecule has 1 aromatic rings. The molecule has 0 bridgehead atoms. The Kier molecular flexibility index (Phi) is 5.42. The minimum absolute atomic E-state index is 0.327. The summed E-state index contributed by atoms with van der Waals surface area (Å²) in [5.74, 6) is 0. The van der Waals surface area contributed by atoms with Gasteiger partial charge in [0.15, 0.2) is 0 Å². The van der Waals surface area contributed by atoms with E-state index in [1.165, 1.54) is 30.0 Å². The maximum absolute atomic E-state index is 12.0. The van der Waals surface area contributed by atoms with Crippen molar-refractivity contribution in [2.45, 2.75) is 37.0 Å². The van der Waals surface area contributed by atoms with E-state index in [-0.39, 0.29) is 0 Å². The van der Waals surface area contributed by atoms with Crippen LogP contribution in [0.25, 0.3) is 0 Å². The second-order valence-corrected chi connectivity index (χ2v) is 7.75. The van der Waals surface area contributed by atoms with E-state index >= 15 is 0 Å². The van der Waals surface area contributed by atoms with Gasteiger partial charge in [-0.15, -0.1) is 0 Å². The van der Waals surface area contributed by atoms with Gasteiger partial charge >= 0.3 is 0 Å². The first-order chi connectivity index (χ1) is 10.00. The van der Waals surface area contributed by atoms with Crippen LogP contribution in [0.4, 0.5) is 5.69 Å². The molecule has 0 heterocycles. The lowest BCUT2D eigenvalue weighted by molar-refractivity contribution is 0.521. The third-order valence-corrected chi connectivity index (χ3v) is 5.62. The predicted molar refractivity (Wildman–Crippen MR) is 87.0 cm³/mol. The highest BCUT2D eigenvalue weighted by atomic mass is 32.2. The second-order valence-electron chi connectivity index (χ2n) is 5.60. The quantitative estimate of drug-likeness (QED) is 0.821. The molecule has 0 atom stereocenters. The topological polar surface area (TPSA) is 49.4 Å². The first-order valence-corrected chi connectivity index (χ1v) is 8.88. The van der Waals surface area contributed by atoms with E-state index in [9.17, 15) is 8.42 Å². The monoisotopic (exact) mass is 308 g/mol. The maximum Gasteiger partial charge on any atom is 0.242 e. The molecule has 1 aliphatic rings. The van der Waals surface area contributed by atoms with Crippen LogP contribution in [0.15, 0.2) is 40.8 Å². The molecule has 0 aliphatic heterocycles. The van der Waals surface area contributed by atoms with Crippen molar-refractivity contribution in [1.29, 1.82) is 0 Å². The summed E-state index contributed by atoms with van der Waals surface area (Å²) < 4.78 is 25.2. The fourth-order valence-corrected chi connectivity index (χ4v) is 3.36. The van der Waals surface area contributed by atoms with Gasteiger partial charge in [0.05, 0.1) is 4.90 Å². The average molecular weight is 308 g/mol. The average Bonchev–Trinajstić information content (AvgIpc) is 2.49. The van der Waals surface area contributed by atoms with Gasteiger partial charge in [-0.2, -0.15) is 0 Å². The lowest BCUT2D eigenvalue weighted by Crippen LogP contribution is -2.22. The van der Waals surface area contributed by atoms with Gasteiger partial charge in [0.1, 0.15) is 0 Å². The van der Waals surface area contributed by atoms with E-state index in [4.69, 9.17) is 0 Å². The standard InChI is InChI=1S/C16H24N2O2S/c1-18(2)21(19,20)16-10-8-15(9-11-16)17-13-12-14-6-4-3-5-7-14/h6,8-11,17H,3-5,7,12-13H2,1-2H3. The van der Waals surface area contributed by atoms with Crippen LogP contribution in [0.1, 0.15) is 32.1 Å². The van der Waals surface area contributed by atoms with Gasteiger partial charge in [0.25, 0.3) is 0 Å². The fourth-order valence-electron chi connectivity index (χ4n) is 2.45. The van der Waals surface area contributed by atoms with Gasteiger partial charge in [-0.05, 0) is 56.4 Å². The number of rotatable bonds is 6. The molecule has 116 valence electrons. The van der Waals surface area contributed by atoms with Crippen molar-refractivity contribution in [2.24, 2.45) is 0 Å². The second kappa shape index (κ2) is 7.09. The van der Waals surface area contributed by atoms with Crippen LogP contribution >= 0.6 is 0 Å². The van der Waals surface area contributed by atoms with Gasteiger partial charge in [0, 0.05) is 26.3 Å². The van der Waals surface area contributed by atoms with Crippen molar-refractivity contribution in [3.8, 4) is 0 Å². The van der Waals surface area contributed by atoms with Crippen LogP contribution < -0.4 is 5.32 Å². The van der Waals surface area contributed by atoms with Crippen LogP contribution in [0.5, 0.6) is 0 Å². The molecule has 0 amide bonds. The Hall–Kier alpha value is -1.33. The Bertz CT molecular complexity index is 589. The first kappa shape index (κ1) is 16.0. The molecular weight excluding hydrogens is 284 g/mol. The highest BCUT2D eigenvalue weighted by Gasteiger charge is 2.16. The lowest BCUT2D eigenvalue weighted by atomic mass is 9.97. The van der Waals surface area contributed by atoms with Crippen LogP contribution in [-0.4, -0.2) is 33.4 Å². The minimum Gasteiger partial charge on any atom is -0.385 e. The molecule has 0 aromatic heterocycles. The number of hydrogen-bond donors (Lipinski definition) is 1. The van der Waals surface area contributed by atoms with Crippen LogP contribution in [0.2, 0.25) is 0 Å². The Balaban J connectivity index is 1.89. The Labute approximate surface area is 127 Å². The van der Waals surface area contributed by atoms with E-state index in [0.29, 0.717) is 4.90 Å². The number of hydrogen-bond acceptors (Lipinski definition) is 3. The molecule has 5 heteroatoms. The third-order valence-electron chi connectivity index (χ3n) is 3.79. The molecule has 0 saturated carbocycles. The van der Waals surface area contributed by atoms with Gasteiger partial charge < -0.3 is 5.32 Å². The predicted octanol–water partition coefficient (Wildman–Crippen LogP) is 3.24. The Morgan fingerprint density at radius 2 is 1.86 bits per heavy atom. The van der Waals surface area contributed by atoms with Crippen molar-refractivity contribution in [2.75, 3.05) is 26.0 Å². The molecule has 0 fully saturated rings. The minimum atomic E-state index is -3.33. The normalized spacial score (nSPS) is 15.9. The van der Waals surface area contributed by atoms with Crippen molar-refractivity contribution in [1.82, 2.24) is 4.31 Å². The van der Waals surface area contributed by atoms with Gasteiger partial charge in [-0.25, -0.2) is 12.7 Å². The number of anilines is 1. The molecular formula is C16H24N2O2S. The smallest absolute Gasteiger partial charge is 0.242 e. The van der Waals surface area contributed by atoms with Crippen LogP contribution in [0, 0.1) is 0 Å². The van der Waals surface area contributed by atoms with E-state index in [2.05, 4.69) is 11.4 Å². The molecule has 0 spiro atoms. The maximum atomic E-state index is 12.0. The SMILES string of the molecule is CN(C)S(=O)(=O)c1ccc(NCCC2=CCCCC2)cc1. The van der Waals surface area contributed by atoms with Gasteiger partial charge in [-0.3, -0.25) is 0 Å². The van der Waals surface area contributed by atoms with Crippen molar-refractivity contribution < 1.29 is 8.42 Å². The number of benzene rings is 1. The molecule has 4 nitrogen and oxygen atoms in total. The Morgan fingerprint density at radius 1 is 1.14 bits per heavy atom. The summed E-state index contributed by atoms with van der Waals surface area (Å²) in [6, 6.07) is 6.95. The zero-order chi connectivity index (χ0) is 15.3. The summed E-state index contributed by atoms with van der Waals surface area (Å²) in [5.41, 5.74) is 2.50. The number of nitrogens with one attached hydrogen (secondary N) is 1. The van der Waals surface area contributed by atoms with Crippen molar-refractivity contribution >= 4 is 15.7 Å². The van der Waals surface area contributed by atoms with Crippen molar-refractivity contribution in [3.63, 3.8) is 0 Å². The highest BCUT2D eigenvalue weighted by molar-refractivity contribution is 7.89. The lowest BCUT2D eigenvalue weighted by Gasteiger charge is -2.14. The van der Waals surface area contributed by atoms with Crippen LogP contribution in [-0.2, 0) is 10.0 Å². The molecule has 0 unspecified atom stereocenters. The summed E-state index contributed by atoms with van der Waals surface area (Å²) in [7, 11) is -0.253. The molecule has 21 heavy (non-hydrogen) atoms. The van der Waals surface area contributed by atoms with Gasteiger partial charge in [0.2, 0.25) is 10.0 Å². The van der Waals surface area contributed by atoms with E-state index in [1.807, 2.05) is 12.1 Å². The third kappa shape index (κ3) is 4.32. The van der Waals surface area contributed by atoms with Crippen LogP contribution in [0.3, 0.4) is 0 Å². The highest BCUT2D eigenvalue weighted by Crippen LogP contribution is 2.21. The molecule has 1 N–H and O–H groups in total. The summed E-state index contributed by atoms with van der Waals surface area (Å²) in [5, 5.41) is 3.35. The molecule has 2 rings (SSSR count). The summed E-state index contributed by atoms with van der Waals surface area (Å²) >= 11 is 0. The van der Waals surface area contributed by atoms with Crippen molar-refractivity contribution in [3.05, 3.63) is 35.9 Å². The van der Waals surface area contributed by atoms with E-state index < -0.39 is 10.0 Å². The Morgan fingerprint density at radius 3 is 2.43 bits per heavy atom. The summed E-state index contributed by atoms with van der Waals surface area (Å²) in [6.45, 7) is 0.894. The summed E-state index contributed by atoms with van der Waals surface area (Å²) in [6.07, 6.45) is 8.49.